The molecule has 5 rings (SSSR count). The smallest absolute Gasteiger partial charge is 0.232 e. The highest BCUT2D eigenvalue weighted by Gasteiger charge is 2.36. The standard InChI is InChI=1S/C27H34N4O2/c1-19-23-17-24(32)31(15-8-11-20-9-4-2-5-10-20)26(23)29-25(28-19)22-14-16-30(18-22)27(33)21-12-6-3-7-13-21/h2,4-5,9-10,21-22H,3,6-8,11-18H2,1H3/t22-/m1/s1. The molecular weight excluding hydrogens is 412 g/mol. The Morgan fingerprint density at radius 2 is 1.85 bits per heavy atom. The second-order valence-corrected chi connectivity index (χ2v) is 9.89. The zero-order valence-corrected chi connectivity index (χ0v) is 19.6. The molecule has 1 aromatic carbocycles. The minimum Gasteiger partial charge on any atom is -0.342 e. The van der Waals surface area contributed by atoms with Crippen LogP contribution in [0.2, 0.25) is 0 Å². The Morgan fingerprint density at radius 3 is 2.64 bits per heavy atom. The van der Waals surface area contributed by atoms with E-state index in [4.69, 9.17) is 9.97 Å². The lowest BCUT2D eigenvalue weighted by atomic mass is 9.88. The van der Waals surface area contributed by atoms with Crippen molar-refractivity contribution in [2.75, 3.05) is 24.5 Å². The molecule has 2 aliphatic heterocycles. The third-order valence-electron chi connectivity index (χ3n) is 7.60. The molecule has 0 bridgehead atoms. The number of aromatic nitrogens is 2. The fourth-order valence-corrected chi connectivity index (χ4v) is 5.68. The highest BCUT2D eigenvalue weighted by Crippen LogP contribution is 2.34. The molecule has 1 saturated heterocycles. The first-order chi connectivity index (χ1) is 16.1. The Hall–Kier alpha value is -2.76. The quantitative estimate of drug-likeness (QED) is 0.667. The summed E-state index contributed by atoms with van der Waals surface area (Å²) < 4.78 is 0. The summed E-state index contributed by atoms with van der Waals surface area (Å²) in [6, 6.07) is 10.4. The summed E-state index contributed by atoms with van der Waals surface area (Å²) in [5.41, 5.74) is 3.17. The average molecular weight is 447 g/mol. The van der Waals surface area contributed by atoms with Crippen molar-refractivity contribution in [2.45, 2.75) is 70.6 Å². The number of rotatable bonds is 6. The lowest BCUT2D eigenvalue weighted by molar-refractivity contribution is -0.135. The first kappa shape index (κ1) is 22.1. The van der Waals surface area contributed by atoms with Crippen LogP contribution in [-0.2, 0) is 22.4 Å². The van der Waals surface area contributed by atoms with Gasteiger partial charge < -0.3 is 4.90 Å². The summed E-state index contributed by atoms with van der Waals surface area (Å²) in [5, 5.41) is 0. The fourth-order valence-electron chi connectivity index (χ4n) is 5.68. The van der Waals surface area contributed by atoms with Crippen molar-refractivity contribution in [1.29, 1.82) is 0 Å². The van der Waals surface area contributed by atoms with E-state index in [0.29, 0.717) is 25.4 Å². The van der Waals surface area contributed by atoms with Crippen LogP contribution in [0.1, 0.15) is 73.5 Å². The zero-order chi connectivity index (χ0) is 22.8. The van der Waals surface area contributed by atoms with Crippen molar-refractivity contribution < 1.29 is 9.59 Å². The topological polar surface area (TPSA) is 66.4 Å². The van der Waals surface area contributed by atoms with Gasteiger partial charge in [0.15, 0.2) is 0 Å². The number of hydrogen-bond acceptors (Lipinski definition) is 4. The van der Waals surface area contributed by atoms with Gasteiger partial charge in [0.1, 0.15) is 11.6 Å². The highest BCUT2D eigenvalue weighted by atomic mass is 16.2. The summed E-state index contributed by atoms with van der Waals surface area (Å²) in [6.07, 6.45) is 8.82. The van der Waals surface area contributed by atoms with Gasteiger partial charge in [-0.3, -0.25) is 14.5 Å². The van der Waals surface area contributed by atoms with E-state index < -0.39 is 0 Å². The normalized spacial score (nSPS) is 21.0. The maximum atomic E-state index is 13.0. The Balaban J connectivity index is 1.27. The minimum absolute atomic E-state index is 0.119. The van der Waals surface area contributed by atoms with Crippen molar-refractivity contribution in [3.8, 4) is 0 Å². The molecule has 0 unspecified atom stereocenters. The number of carbonyl (C=O) groups is 2. The van der Waals surface area contributed by atoms with E-state index in [9.17, 15) is 9.59 Å². The monoisotopic (exact) mass is 446 g/mol. The highest BCUT2D eigenvalue weighted by molar-refractivity contribution is 6.00. The van der Waals surface area contributed by atoms with Gasteiger partial charge in [-0.2, -0.15) is 0 Å². The second-order valence-electron chi connectivity index (χ2n) is 9.89. The first-order valence-electron chi connectivity index (χ1n) is 12.6. The molecule has 1 saturated carbocycles. The number of nitrogens with zero attached hydrogens (tertiary/aromatic N) is 4. The van der Waals surface area contributed by atoms with Crippen molar-refractivity contribution in [2.24, 2.45) is 5.92 Å². The van der Waals surface area contributed by atoms with Crippen molar-refractivity contribution >= 4 is 17.6 Å². The molecule has 174 valence electrons. The lowest BCUT2D eigenvalue weighted by Gasteiger charge is -2.26. The number of likely N-dealkylation sites (tertiary alicyclic amines) is 1. The summed E-state index contributed by atoms with van der Waals surface area (Å²) in [5.74, 6) is 2.41. The molecule has 1 atom stereocenters. The Kier molecular flexibility index (Phi) is 6.43. The van der Waals surface area contributed by atoms with Gasteiger partial charge in [-0.25, -0.2) is 9.97 Å². The predicted octanol–water partition coefficient (Wildman–Crippen LogP) is 4.20. The van der Waals surface area contributed by atoms with Crippen LogP contribution in [0.3, 0.4) is 0 Å². The van der Waals surface area contributed by atoms with Crippen LogP contribution >= 0.6 is 0 Å². The van der Waals surface area contributed by atoms with Crippen LogP contribution in [0, 0.1) is 12.8 Å². The van der Waals surface area contributed by atoms with E-state index in [1.165, 1.54) is 24.8 Å². The van der Waals surface area contributed by atoms with Gasteiger partial charge in [0.25, 0.3) is 0 Å². The van der Waals surface area contributed by atoms with Crippen molar-refractivity contribution in [1.82, 2.24) is 14.9 Å². The van der Waals surface area contributed by atoms with E-state index in [2.05, 4.69) is 24.3 Å². The zero-order valence-electron chi connectivity index (χ0n) is 19.6. The van der Waals surface area contributed by atoms with Gasteiger partial charge in [0.2, 0.25) is 11.8 Å². The number of carbonyl (C=O) groups excluding carboxylic acids is 2. The first-order valence-corrected chi connectivity index (χ1v) is 12.6. The average Bonchev–Trinajstić information content (AvgIpc) is 3.46. The molecule has 0 radical (unpaired) electrons. The van der Waals surface area contributed by atoms with E-state index >= 15 is 0 Å². The largest absolute Gasteiger partial charge is 0.342 e. The van der Waals surface area contributed by atoms with Crippen LogP contribution in [0.5, 0.6) is 0 Å². The summed E-state index contributed by atoms with van der Waals surface area (Å²) in [7, 11) is 0. The SMILES string of the molecule is Cc1nc([C@@H]2CCN(C(=O)C3CCCCC3)C2)nc2c1CC(=O)N2CCCc1ccccc1. The molecular formula is C27H34N4O2. The van der Waals surface area contributed by atoms with Crippen LogP contribution in [0.4, 0.5) is 5.82 Å². The molecule has 6 heteroatoms. The number of aryl methyl sites for hydroxylation is 2. The van der Waals surface area contributed by atoms with Crippen molar-refractivity contribution in [3.05, 3.63) is 53.0 Å². The Labute approximate surface area is 196 Å². The summed E-state index contributed by atoms with van der Waals surface area (Å²) >= 11 is 0. The van der Waals surface area contributed by atoms with Gasteiger partial charge >= 0.3 is 0 Å². The van der Waals surface area contributed by atoms with Crippen LogP contribution in [0.15, 0.2) is 30.3 Å². The van der Waals surface area contributed by atoms with Crippen LogP contribution in [-0.4, -0.2) is 46.3 Å². The molecule has 6 nitrogen and oxygen atoms in total. The van der Waals surface area contributed by atoms with Gasteiger partial charge in [0.05, 0.1) is 6.42 Å². The van der Waals surface area contributed by atoms with Gasteiger partial charge in [0, 0.05) is 42.7 Å². The summed E-state index contributed by atoms with van der Waals surface area (Å²) in [6.45, 7) is 4.16. The molecule has 1 aliphatic carbocycles. The summed E-state index contributed by atoms with van der Waals surface area (Å²) in [4.78, 5) is 39.4. The molecule has 0 N–H and O–H groups in total. The van der Waals surface area contributed by atoms with Gasteiger partial charge in [-0.1, -0.05) is 49.6 Å². The molecule has 1 aromatic heterocycles. The fraction of sp³-hybridized carbons (Fsp3) is 0.556. The van der Waals surface area contributed by atoms with Gasteiger partial charge in [-0.15, -0.1) is 0 Å². The molecule has 3 aliphatic rings. The second kappa shape index (κ2) is 9.62. The van der Waals surface area contributed by atoms with E-state index in [-0.39, 0.29) is 17.7 Å². The van der Waals surface area contributed by atoms with E-state index in [1.54, 1.807) is 0 Å². The third kappa shape index (κ3) is 4.66. The molecule has 3 heterocycles. The van der Waals surface area contributed by atoms with Crippen LogP contribution < -0.4 is 4.90 Å². The van der Waals surface area contributed by atoms with Gasteiger partial charge in [-0.05, 0) is 44.6 Å². The van der Waals surface area contributed by atoms with E-state index in [0.717, 1.165) is 61.5 Å². The maximum absolute atomic E-state index is 13.0. The minimum atomic E-state index is 0.119. The molecule has 2 fully saturated rings. The molecule has 33 heavy (non-hydrogen) atoms. The maximum Gasteiger partial charge on any atom is 0.232 e. The Morgan fingerprint density at radius 1 is 1.06 bits per heavy atom. The molecule has 2 amide bonds. The van der Waals surface area contributed by atoms with Crippen LogP contribution in [0.25, 0.3) is 0 Å². The number of anilines is 1. The molecule has 2 aromatic rings. The predicted molar refractivity (Wildman–Crippen MR) is 128 cm³/mol. The number of fused-ring (bicyclic) bond motifs is 1. The van der Waals surface area contributed by atoms with Crippen molar-refractivity contribution in [3.63, 3.8) is 0 Å². The third-order valence-corrected chi connectivity index (χ3v) is 7.60. The van der Waals surface area contributed by atoms with E-state index in [1.807, 2.05) is 22.8 Å². The molecule has 0 spiro atoms. The number of benzene rings is 1. The Bertz CT molecular complexity index is 1020. The lowest BCUT2D eigenvalue weighted by Crippen LogP contribution is -2.35. The number of amides is 2. The number of hydrogen-bond donors (Lipinski definition) is 0.